The van der Waals surface area contributed by atoms with Gasteiger partial charge in [-0.25, -0.2) is 4.99 Å². The van der Waals surface area contributed by atoms with E-state index >= 15 is 0 Å². The van der Waals surface area contributed by atoms with E-state index < -0.39 is 0 Å². The monoisotopic (exact) mass is 536 g/mol. The number of benzene rings is 3. The number of aliphatic imine (C=N–C) groups is 1. The average Bonchev–Trinajstić information content (AvgIpc) is 3.11. The van der Waals surface area contributed by atoms with Crippen molar-refractivity contribution in [3.8, 4) is 11.5 Å². The van der Waals surface area contributed by atoms with Crippen LogP contribution in [0.1, 0.15) is 26.3 Å². The predicted molar refractivity (Wildman–Crippen MR) is 144 cm³/mol. The Balaban J connectivity index is 1.75. The van der Waals surface area contributed by atoms with Crippen molar-refractivity contribution in [3.05, 3.63) is 87.7 Å². The average molecular weight is 537 g/mol. The highest BCUT2D eigenvalue weighted by atomic mass is 79.9. The van der Waals surface area contributed by atoms with Gasteiger partial charge in [-0.3, -0.25) is 9.69 Å². The van der Waals surface area contributed by atoms with E-state index in [1.54, 1.807) is 4.90 Å². The predicted octanol–water partition coefficient (Wildman–Crippen LogP) is 7.44. The van der Waals surface area contributed by atoms with Crippen LogP contribution in [0.2, 0.25) is 0 Å². The van der Waals surface area contributed by atoms with Gasteiger partial charge < -0.3 is 9.47 Å². The van der Waals surface area contributed by atoms with E-state index in [9.17, 15) is 4.79 Å². The van der Waals surface area contributed by atoms with Gasteiger partial charge in [0.1, 0.15) is 0 Å². The quantitative estimate of drug-likeness (QED) is 0.294. The zero-order chi connectivity index (χ0) is 24.1. The summed E-state index contributed by atoms with van der Waals surface area (Å²) in [7, 11) is 0. The number of ether oxygens (including phenoxy) is 2. The van der Waals surface area contributed by atoms with Crippen LogP contribution in [-0.4, -0.2) is 23.8 Å². The molecule has 0 atom stereocenters. The summed E-state index contributed by atoms with van der Waals surface area (Å²) < 4.78 is 12.5. The van der Waals surface area contributed by atoms with Crippen LogP contribution in [0.4, 0.5) is 11.4 Å². The number of anilines is 1. The molecule has 3 aromatic carbocycles. The summed E-state index contributed by atoms with van der Waals surface area (Å²) in [6.07, 6.45) is 1.87. The van der Waals surface area contributed by atoms with Crippen molar-refractivity contribution in [2.24, 2.45) is 4.99 Å². The minimum Gasteiger partial charge on any atom is -0.490 e. The molecule has 5 nitrogen and oxygen atoms in total. The first-order valence-electron chi connectivity index (χ1n) is 11.0. The molecular weight excluding hydrogens is 512 g/mol. The molecule has 0 unspecified atom stereocenters. The molecule has 174 valence electrons. The number of carbonyl (C=O) groups excluding carboxylic acids is 1. The standard InChI is InChI=1S/C27H25BrN2O3S/c1-4-32-23-16-19(15-22(28)25(23)33-18(2)3)17-24-26(31)30(21-13-9-6-10-14-21)27(34-24)29-20-11-7-5-8-12-20/h5-18H,4H2,1-3H3/b24-17-,29-27?. The summed E-state index contributed by atoms with van der Waals surface area (Å²) in [4.78, 5) is 20.5. The molecule has 0 aliphatic carbocycles. The highest BCUT2D eigenvalue weighted by Gasteiger charge is 2.34. The lowest BCUT2D eigenvalue weighted by Crippen LogP contribution is -2.28. The Bertz CT molecular complexity index is 1230. The third-order valence-corrected chi connectivity index (χ3v) is 6.34. The maximum atomic E-state index is 13.5. The fourth-order valence-electron chi connectivity index (χ4n) is 3.40. The molecule has 1 saturated heterocycles. The topological polar surface area (TPSA) is 51.1 Å². The lowest BCUT2D eigenvalue weighted by Gasteiger charge is -2.17. The number of carbonyl (C=O) groups is 1. The molecule has 0 aromatic heterocycles. The van der Waals surface area contributed by atoms with Crippen molar-refractivity contribution in [1.82, 2.24) is 0 Å². The van der Waals surface area contributed by atoms with Crippen LogP contribution >= 0.6 is 27.7 Å². The zero-order valence-electron chi connectivity index (χ0n) is 19.2. The van der Waals surface area contributed by atoms with Crippen LogP contribution in [0, 0.1) is 0 Å². The van der Waals surface area contributed by atoms with Gasteiger partial charge in [0.2, 0.25) is 0 Å². The maximum Gasteiger partial charge on any atom is 0.271 e. The smallest absolute Gasteiger partial charge is 0.271 e. The molecule has 1 aliphatic heterocycles. The number of thioether (sulfide) groups is 1. The number of para-hydroxylation sites is 2. The summed E-state index contributed by atoms with van der Waals surface area (Å²) in [6, 6.07) is 23.0. The second-order valence-corrected chi connectivity index (χ2v) is 9.61. The van der Waals surface area contributed by atoms with Crippen molar-refractivity contribution >= 4 is 56.2 Å². The van der Waals surface area contributed by atoms with Crippen molar-refractivity contribution < 1.29 is 14.3 Å². The van der Waals surface area contributed by atoms with Crippen LogP contribution in [0.25, 0.3) is 6.08 Å². The Morgan fingerprint density at radius 2 is 1.74 bits per heavy atom. The Labute approximate surface area is 212 Å². The van der Waals surface area contributed by atoms with E-state index in [0.29, 0.717) is 28.2 Å². The molecule has 1 heterocycles. The summed E-state index contributed by atoms with van der Waals surface area (Å²) in [6.45, 7) is 6.37. The molecule has 7 heteroatoms. The Morgan fingerprint density at radius 1 is 1.06 bits per heavy atom. The van der Waals surface area contributed by atoms with E-state index in [2.05, 4.69) is 15.9 Å². The molecule has 1 amide bonds. The van der Waals surface area contributed by atoms with Gasteiger partial charge in [0.05, 0.1) is 33.5 Å². The number of halogens is 1. The van der Waals surface area contributed by atoms with E-state index in [1.165, 1.54) is 11.8 Å². The van der Waals surface area contributed by atoms with Crippen LogP contribution in [0.5, 0.6) is 11.5 Å². The van der Waals surface area contributed by atoms with Crippen molar-refractivity contribution in [3.63, 3.8) is 0 Å². The minimum atomic E-state index is -0.123. The fourth-order valence-corrected chi connectivity index (χ4v) is 4.96. The highest BCUT2D eigenvalue weighted by molar-refractivity contribution is 9.10. The van der Waals surface area contributed by atoms with Crippen LogP contribution in [0.3, 0.4) is 0 Å². The van der Waals surface area contributed by atoms with Gasteiger partial charge in [-0.1, -0.05) is 36.4 Å². The first-order valence-corrected chi connectivity index (χ1v) is 12.6. The highest BCUT2D eigenvalue weighted by Crippen LogP contribution is 2.41. The normalized spacial score (nSPS) is 16.0. The summed E-state index contributed by atoms with van der Waals surface area (Å²) >= 11 is 4.96. The molecule has 34 heavy (non-hydrogen) atoms. The van der Waals surface area contributed by atoms with Gasteiger partial charge in [-0.2, -0.15) is 0 Å². The molecule has 3 aromatic rings. The zero-order valence-corrected chi connectivity index (χ0v) is 21.6. The van der Waals surface area contributed by atoms with Crippen LogP contribution in [0.15, 0.2) is 87.2 Å². The van der Waals surface area contributed by atoms with Gasteiger partial charge >= 0.3 is 0 Å². The molecule has 0 saturated carbocycles. The van der Waals surface area contributed by atoms with Crippen molar-refractivity contribution in [2.45, 2.75) is 26.9 Å². The van der Waals surface area contributed by atoms with E-state index in [1.807, 2.05) is 99.6 Å². The number of amidine groups is 1. The number of rotatable bonds is 7. The largest absolute Gasteiger partial charge is 0.490 e. The third-order valence-electron chi connectivity index (χ3n) is 4.78. The van der Waals surface area contributed by atoms with Crippen molar-refractivity contribution in [1.29, 1.82) is 0 Å². The van der Waals surface area contributed by atoms with Gasteiger partial charge in [-0.15, -0.1) is 0 Å². The SMILES string of the molecule is CCOc1cc(/C=C2\SC(=Nc3ccccc3)N(c3ccccc3)C2=O)cc(Br)c1OC(C)C. The van der Waals surface area contributed by atoms with Gasteiger partial charge in [0, 0.05) is 0 Å². The van der Waals surface area contributed by atoms with Gasteiger partial charge in [0.25, 0.3) is 5.91 Å². The van der Waals surface area contributed by atoms with Crippen molar-refractivity contribution in [2.75, 3.05) is 11.5 Å². The first-order chi connectivity index (χ1) is 16.5. The van der Waals surface area contributed by atoms with E-state index in [-0.39, 0.29) is 12.0 Å². The molecule has 4 rings (SSSR count). The lowest BCUT2D eigenvalue weighted by molar-refractivity contribution is -0.113. The fraction of sp³-hybridized carbons (Fsp3) is 0.185. The molecular formula is C27H25BrN2O3S. The van der Waals surface area contributed by atoms with Gasteiger partial charge in [-0.05, 0) is 96.5 Å². The number of hydrogen-bond acceptors (Lipinski definition) is 5. The summed E-state index contributed by atoms with van der Waals surface area (Å²) in [5.41, 5.74) is 2.39. The summed E-state index contributed by atoms with van der Waals surface area (Å²) in [5, 5.41) is 0.609. The van der Waals surface area contributed by atoms with Crippen LogP contribution < -0.4 is 14.4 Å². The van der Waals surface area contributed by atoms with Crippen LogP contribution in [-0.2, 0) is 4.79 Å². The third kappa shape index (κ3) is 5.54. The molecule has 0 bridgehead atoms. The molecule has 1 aliphatic rings. The molecule has 0 N–H and O–H groups in total. The second-order valence-electron chi connectivity index (χ2n) is 7.75. The minimum absolute atomic E-state index is 0.00265. The molecule has 0 spiro atoms. The number of nitrogens with zero attached hydrogens (tertiary/aromatic N) is 2. The maximum absolute atomic E-state index is 13.5. The molecule has 0 radical (unpaired) electrons. The van der Waals surface area contributed by atoms with E-state index in [4.69, 9.17) is 14.5 Å². The van der Waals surface area contributed by atoms with Gasteiger partial charge in [0.15, 0.2) is 16.7 Å². The Morgan fingerprint density at radius 3 is 2.38 bits per heavy atom. The first kappa shape index (κ1) is 24.1. The Kier molecular flexibility index (Phi) is 7.75. The molecule has 1 fully saturated rings. The lowest BCUT2D eigenvalue weighted by atomic mass is 10.1. The second kappa shape index (κ2) is 10.9. The van der Waals surface area contributed by atoms with E-state index in [0.717, 1.165) is 21.4 Å². The number of amides is 1. The number of hydrogen-bond donors (Lipinski definition) is 0. The summed E-state index contributed by atoms with van der Waals surface area (Å²) in [5.74, 6) is 1.16. The Hall–Kier alpha value is -3.03.